The third-order valence-corrected chi connectivity index (χ3v) is 4.08. The minimum absolute atomic E-state index is 0.110. The van der Waals surface area contributed by atoms with Crippen LogP contribution in [0.2, 0.25) is 0 Å². The number of aryl methyl sites for hydroxylation is 1. The van der Waals surface area contributed by atoms with Crippen LogP contribution in [-0.2, 0) is 0 Å². The second kappa shape index (κ2) is 5.59. The van der Waals surface area contributed by atoms with Crippen LogP contribution in [-0.4, -0.2) is 5.84 Å². The molecule has 0 aliphatic rings. The molecular weight excluding hydrogens is 308 g/mol. The Hall–Kier alpha value is -1.26. The van der Waals surface area contributed by atoms with Crippen molar-refractivity contribution in [3.05, 3.63) is 58.1 Å². The van der Waals surface area contributed by atoms with E-state index in [-0.39, 0.29) is 5.84 Å². The lowest BCUT2D eigenvalue weighted by Crippen LogP contribution is -2.12. The SMILES string of the molecule is Cc1ccc(Sc2ccc(Br)cc2)c(C(=N)N)c1. The highest BCUT2D eigenvalue weighted by Crippen LogP contribution is 2.31. The van der Waals surface area contributed by atoms with Crippen molar-refractivity contribution in [2.75, 3.05) is 0 Å². The molecule has 18 heavy (non-hydrogen) atoms. The fourth-order valence-corrected chi connectivity index (χ4v) is 2.78. The standard InChI is InChI=1S/C14H13BrN2S/c1-9-2-7-13(12(8-9)14(16)17)18-11-5-3-10(15)4-6-11/h2-8H,1H3,(H3,16,17). The van der Waals surface area contributed by atoms with Gasteiger partial charge in [0.1, 0.15) is 5.84 Å². The van der Waals surface area contributed by atoms with E-state index < -0.39 is 0 Å². The average molecular weight is 321 g/mol. The van der Waals surface area contributed by atoms with E-state index in [0.29, 0.717) is 0 Å². The van der Waals surface area contributed by atoms with Crippen molar-refractivity contribution < 1.29 is 0 Å². The first kappa shape index (κ1) is 13.2. The van der Waals surface area contributed by atoms with Crippen LogP contribution in [0, 0.1) is 12.3 Å². The van der Waals surface area contributed by atoms with E-state index >= 15 is 0 Å². The van der Waals surface area contributed by atoms with Gasteiger partial charge >= 0.3 is 0 Å². The number of halogens is 1. The Morgan fingerprint density at radius 2 is 1.83 bits per heavy atom. The Balaban J connectivity index is 2.34. The maximum atomic E-state index is 7.63. The van der Waals surface area contributed by atoms with E-state index in [0.717, 1.165) is 25.4 Å². The van der Waals surface area contributed by atoms with Crippen LogP contribution in [0.4, 0.5) is 0 Å². The lowest BCUT2D eigenvalue weighted by Gasteiger charge is -2.09. The molecule has 2 aromatic rings. The maximum Gasteiger partial charge on any atom is 0.123 e. The first-order chi connectivity index (χ1) is 8.56. The zero-order valence-electron chi connectivity index (χ0n) is 9.91. The molecule has 0 saturated heterocycles. The normalized spacial score (nSPS) is 10.3. The lowest BCUT2D eigenvalue weighted by atomic mass is 10.1. The lowest BCUT2D eigenvalue weighted by molar-refractivity contribution is 1.30. The highest BCUT2D eigenvalue weighted by atomic mass is 79.9. The Morgan fingerprint density at radius 3 is 2.44 bits per heavy atom. The third kappa shape index (κ3) is 3.15. The molecule has 92 valence electrons. The van der Waals surface area contributed by atoms with Crippen molar-refractivity contribution in [3.8, 4) is 0 Å². The molecule has 2 aromatic carbocycles. The fraction of sp³-hybridized carbons (Fsp3) is 0.0714. The van der Waals surface area contributed by atoms with Gasteiger partial charge < -0.3 is 5.73 Å². The molecule has 0 saturated carbocycles. The summed E-state index contributed by atoms with van der Waals surface area (Å²) in [5.74, 6) is 0.110. The summed E-state index contributed by atoms with van der Waals surface area (Å²) in [6, 6.07) is 14.1. The summed E-state index contributed by atoms with van der Waals surface area (Å²) >= 11 is 5.03. The summed E-state index contributed by atoms with van der Waals surface area (Å²) in [5, 5.41) is 7.63. The highest BCUT2D eigenvalue weighted by Gasteiger charge is 2.07. The predicted octanol–water partition coefficient (Wildman–Crippen LogP) is 4.19. The number of nitrogens with two attached hydrogens (primary N) is 1. The molecule has 0 heterocycles. The Labute approximate surface area is 119 Å². The fourth-order valence-electron chi connectivity index (χ4n) is 1.57. The van der Waals surface area contributed by atoms with E-state index in [1.54, 1.807) is 11.8 Å². The molecular formula is C14H13BrN2S. The molecule has 2 nitrogen and oxygen atoms in total. The van der Waals surface area contributed by atoms with E-state index in [1.165, 1.54) is 0 Å². The highest BCUT2D eigenvalue weighted by molar-refractivity contribution is 9.10. The quantitative estimate of drug-likeness (QED) is 0.658. The second-order valence-corrected chi connectivity index (χ2v) is 6.00. The van der Waals surface area contributed by atoms with Crippen LogP contribution in [0.5, 0.6) is 0 Å². The number of rotatable bonds is 3. The van der Waals surface area contributed by atoms with Gasteiger partial charge in [0.15, 0.2) is 0 Å². The van der Waals surface area contributed by atoms with Gasteiger partial charge in [-0.15, -0.1) is 0 Å². The summed E-state index contributed by atoms with van der Waals surface area (Å²) < 4.78 is 1.06. The number of nitrogen functional groups attached to an aromatic ring is 1. The number of nitrogens with one attached hydrogen (secondary N) is 1. The van der Waals surface area contributed by atoms with Crippen LogP contribution < -0.4 is 5.73 Å². The summed E-state index contributed by atoms with van der Waals surface area (Å²) in [6.45, 7) is 2.00. The number of amidine groups is 1. The van der Waals surface area contributed by atoms with Gasteiger partial charge in [-0.25, -0.2) is 0 Å². The van der Waals surface area contributed by atoms with Crippen molar-refractivity contribution in [3.63, 3.8) is 0 Å². The van der Waals surface area contributed by atoms with E-state index in [9.17, 15) is 0 Å². The Kier molecular flexibility index (Phi) is 4.09. The van der Waals surface area contributed by atoms with Gasteiger partial charge in [-0.1, -0.05) is 39.3 Å². The van der Waals surface area contributed by atoms with Crippen LogP contribution in [0.3, 0.4) is 0 Å². The molecule has 4 heteroatoms. The van der Waals surface area contributed by atoms with Gasteiger partial charge in [0, 0.05) is 19.8 Å². The predicted molar refractivity (Wildman–Crippen MR) is 80.5 cm³/mol. The van der Waals surface area contributed by atoms with Crippen LogP contribution in [0.25, 0.3) is 0 Å². The summed E-state index contributed by atoms with van der Waals surface area (Å²) in [6.07, 6.45) is 0. The van der Waals surface area contributed by atoms with Gasteiger partial charge in [0.05, 0.1) is 0 Å². The molecule has 0 spiro atoms. The van der Waals surface area contributed by atoms with Gasteiger partial charge in [-0.05, 0) is 43.3 Å². The van der Waals surface area contributed by atoms with Crippen molar-refractivity contribution in [2.45, 2.75) is 16.7 Å². The molecule has 0 aliphatic heterocycles. The number of hydrogen-bond donors (Lipinski definition) is 2. The Bertz CT molecular complexity index is 579. The third-order valence-electron chi connectivity index (χ3n) is 2.47. The van der Waals surface area contributed by atoms with Crippen molar-refractivity contribution in [1.29, 1.82) is 5.41 Å². The molecule has 0 bridgehead atoms. The van der Waals surface area contributed by atoms with Gasteiger partial charge in [0.2, 0.25) is 0 Å². The zero-order valence-corrected chi connectivity index (χ0v) is 12.3. The van der Waals surface area contributed by atoms with E-state index in [4.69, 9.17) is 11.1 Å². The largest absolute Gasteiger partial charge is 0.384 e. The molecule has 0 aliphatic carbocycles. The molecule has 0 aromatic heterocycles. The first-order valence-corrected chi connectivity index (χ1v) is 7.05. The van der Waals surface area contributed by atoms with Crippen molar-refractivity contribution in [2.24, 2.45) is 5.73 Å². The minimum Gasteiger partial charge on any atom is -0.384 e. The molecule has 0 fully saturated rings. The van der Waals surface area contributed by atoms with Crippen LogP contribution >= 0.6 is 27.7 Å². The average Bonchev–Trinajstić information content (AvgIpc) is 2.34. The molecule has 0 amide bonds. The number of benzene rings is 2. The first-order valence-electron chi connectivity index (χ1n) is 5.45. The molecule has 0 unspecified atom stereocenters. The minimum atomic E-state index is 0.110. The van der Waals surface area contributed by atoms with E-state index in [2.05, 4.69) is 15.9 Å². The smallest absolute Gasteiger partial charge is 0.123 e. The second-order valence-electron chi connectivity index (χ2n) is 3.97. The van der Waals surface area contributed by atoms with Gasteiger partial charge in [-0.3, -0.25) is 5.41 Å². The van der Waals surface area contributed by atoms with Crippen LogP contribution in [0.1, 0.15) is 11.1 Å². The summed E-state index contributed by atoms with van der Waals surface area (Å²) in [5.41, 5.74) is 7.53. The topological polar surface area (TPSA) is 49.9 Å². The number of hydrogen-bond acceptors (Lipinski definition) is 2. The van der Waals surface area contributed by atoms with Crippen molar-refractivity contribution >= 4 is 33.5 Å². The summed E-state index contributed by atoms with van der Waals surface area (Å²) in [7, 11) is 0. The molecule has 2 rings (SSSR count). The maximum absolute atomic E-state index is 7.63. The van der Waals surface area contributed by atoms with Gasteiger partial charge in [-0.2, -0.15) is 0 Å². The molecule has 0 radical (unpaired) electrons. The van der Waals surface area contributed by atoms with Crippen molar-refractivity contribution in [1.82, 2.24) is 0 Å². The zero-order chi connectivity index (χ0) is 13.1. The Morgan fingerprint density at radius 1 is 1.17 bits per heavy atom. The summed E-state index contributed by atoms with van der Waals surface area (Å²) in [4.78, 5) is 2.14. The monoisotopic (exact) mass is 320 g/mol. The van der Waals surface area contributed by atoms with Crippen LogP contribution in [0.15, 0.2) is 56.7 Å². The molecule has 0 atom stereocenters. The van der Waals surface area contributed by atoms with Gasteiger partial charge in [0.25, 0.3) is 0 Å². The molecule has 3 N–H and O–H groups in total. The van der Waals surface area contributed by atoms with E-state index in [1.807, 2.05) is 49.4 Å².